The van der Waals surface area contributed by atoms with Gasteiger partial charge in [-0.1, -0.05) is 51.3 Å². The molecule has 0 fully saturated rings. The van der Waals surface area contributed by atoms with Crippen LogP contribution in [0.1, 0.15) is 33.3 Å². The largest absolute Gasteiger partial charge is 0.350 e. The van der Waals surface area contributed by atoms with Gasteiger partial charge in [0, 0.05) is 21.6 Å². The van der Waals surface area contributed by atoms with Crippen LogP contribution in [0.3, 0.4) is 0 Å². The number of nitrogens with zero attached hydrogens (tertiary/aromatic N) is 2. The number of benzene rings is 2. The van der Waals surface area contributed by atoms with Crippen molar-refractivity contribution in [3.05, 3.63) is 62.5 Å². The molecule has 0 spiro atoms. The van der Waals surface area contributed by atoms with Crippen LogP contribution in [0.2, 0.25) is 10.0 Å². The third-order valence-electron chi connectivity index (χ3n) is 4.76. The summed E-state index contributed by atoms with van der Waals surface area (Å²) in [7, 11) is -3.91. The van der Waals surface area contributed by atoms with E-state index in [4.69, 9.17) is 23.2 Å². The Labute approximate surface area is 219 Å². The molecule has 0 saturated heterocycles. The Balaban J connectivity index is 2.45. The van der Waals surface area contributed by atoms with Crippen LogP contribution in [-0.4, -0.2) is 49.5 Å². The number of carbonyl (C=O) groups excluding carboxylic acids is 2. The van der Waals surface area contributed by atoms with E-state index in [-0.39, 0.29) is 28.2 Å². The SMILES string of the molecule is C[C@H](C(=O)NC(C)(C)C)N(Cc1cccc(Br)c1)C(=O)CN(c1cc(Cl)ccc1Cl)S(C)(=O)=O. The monoisotopic (exact) mass is 591 g/mol. The van der Waals surface area contributed by atoms with Crippen LogP contribution in [0.15, 0.2) is 46.9 Å². The highest BCUT2D eigenvalue weighted by molar-refractivity contribution is 9.10. The highest BCUT2D eigenvalue weighted by atomic mass is 79.9. The van der Waals surface area contributed by atoms with Crippen LogP contribution < -0.4 is 9.62 Å². The summed E-state index contributed by atoms with van der Waals surface area (Å²) in [5.41, 5.74) is 0.340. The van der Waals surface area contributed by atoms with E-state index in [0.29, 0.717) is 0 Å². The Morgan fingerprint density at radius 1 is 1.12 bits per heavy atom. The van der Waals surface area contributed by atoms with Crippen molar-refractivity contribution in [2.75, 3.05) is 17.1 Å². The van der Waals surface area contributed by atoms with Crippen LogP contribution in [0.25, 0.3) is 0 Å². The maximum atomic E-state index is 13.5. The van der Waals surface area contributed by atoms with Crippen molar-refractivity contribution in [2.45, 2.75) is 45.8 Å². The molecule has 2 aromatic carbocycles. The van der Waals surface area contributed by atoms with Crippen molar-refractivity contribution >= 4 is 66.7 Å². The summed E-state index contributed by atoms with van der Waals surface area (Å²) in [6.45, 7) is 6.66. The summed E-state index contributed by atoms with van der Waals surface area (Å²) in [6.07, 6.45) is 0.978. The first-order chi connectivity index (χ1) is 15.6. The van der Waals surface area contributed by atoms with Crippen molar-refractivity contribution in [1.82, 2.24) is 10.2 Å². The second-order valence-electron chi connectivity index (χ2n) is 8.93. The van der Waals surface area contributed by atoms with Crippen LogP contribution in [-0.2, 0) is 26.2 Å². The van der Waals surface area contributed by atoms with E-state index in [1.54, 1.807) is 6.92 Å². The number of carbonyl (C=O) groups is 2. The molecule has 0 bridgehead atoms. The first-order valence-electron chi connectivity index (χ1n) is 10.4. The molecule has 2 rings (SSSR count). The summed E-state index contributed by atoms with van der Waals surface area (Å²) >= 11 is 15.7. The van der Waals surface area contributed by atoms with Crippen molar-refractivity contribution in [3.8, 4) is 0 Å². The first kappa shape index (κ1) is 28.4. The van der Waals surface area contributed by atoms with Gasteiger partial charge in [0.25, 0.3) is 0 Å². The van der Waals surface area contributed by atoms with Gasteiger partial charge in [0.05, 0.1) is 17.0 Å². The molecule has 11 heteroatoms. The number of amides is 2. The van der Waals surface area contributed by atoms with Gasteiger partial charge in [0.1, 0.15) is 12.6 Å². The number of halogens is 3. The van der Waals surface area contributed by atoms with Gasteiger partial charge in [-0.05, 0) is 63.6 Å². The third-order valence-corrected chi connectivity index (χ3v) is 6.94. The predicted octanol–water partition coefficient (Wildman–Crippen LogP) is 4.85. The van der Waals surface area contributed by atoms with Gasteiger partial charge in [0.15, 0.2) is 0 Å². The highest BCUT2D eigenvalue weighted by Crippen LogP contribution is 2.31. The standard InChI is InChI=1S/C23H28BrCl2N3O4S/c1-15(22(31)27-23(2,3)4)28(13-16-7-6-8-17(24)11-16)21(30)14-29(34(5,32)33)20-12-18(25)9-10-19(20)26/h6-12,15H,13-14H2,1-5H3,(H,27,31)/t15-/m1/s1. The molecule has 34 heavy (non-hydrogen) atoms. The lowest BCUT2D eigenvalue weighted by atomic mass is 10.1. The number of hydrogen-bond donors (Lipinski definition) is 1. The van der Waals surface area contributed by atoms with Gasteiger partial charge in [-0.15, -0.1) is 0 Å². The maximum Gasteiger partial charge on any atom is 0.244 e. The fraction of sp³-hybridized carbons (Fsp3) is 0.391. The summed E-state index contributed by atoms with van der Waals surface area (Å²) in [5, 5.41) is 3.26. The molecule has 0 saturated carbocycles. The Morgan fingerprint density at radius 3 is 2.32 bits per heavy atom. The molecule has 7 nitrogen and oxygen atoms in total. The number of sulfonamides is 1. The van der Waals surface area contributed by atoms with Gasteiger partial charge in [-0.3, -0.25) is 13.9 Å². The Kier molecular flexibility index (Phi) is 9.44. The first-order valence-corrected chi connectivity index (χ1v) is 13.8. The molecule has 0 aliphatic heterocycles. The third kappa shape index (κ3) is 8.15. The summed E-state index contributed by atoms with van der Waals surface area (Å²) in [5.74, 6) is -0.930. The summed E-state index contributed by atoms with van der Waals surface area (Å²) < 4.78 is 26.9. The fourth-order valence-electron chi connectivity index (χ4n) is 3.16. The molecular weight excluding hydrogens is 565 g/mol. The molecule has 0 aliphatic carbocycles. The van der Waals surface area contributed by atoms with E-state index in [1.807, 2.05) is 45.0 Å². The van der Waals surface area contributed by atoms with Crippen LogP contribution >= 0.6 is 39.1 Å². The molecule has 0 radical (unpaired) electrons. The van der Waals surface area contributed by atoms with Gasteiger partial charge >= 0.3 is 0 Å². The molecule has 1 N–H and O–H groups in total. The zero-order chi connectivity index (χ0) is 25.8. The zero-order valence-corrected chi connectivity index (χ0v) is 23.5. The van der Waals surface area contributed by atoms with Crippen molar-refractivity contribution in [3.63, 3.8) is 0 Å². The van der Waals surface area contributed by atoms with Crippen molar-refractivity contribution in [2.24, 2.45) is 0 Å². The minimum atomic E-state index is -3.91. The van der Waals surface area contributed by atoms with Crippen LogP contribution in [0.5, 0.6) is 0 Å². The average Bonchev–Trinajstić information content (AvgIpc) is 2.69. The van der Waals surface area contributed by atoms with Gasteiger partial charge in [-0.25, -0.2) is 8.42 Å². The quantitative estimate of drug-likeness (QED) is 0.474. The zero-order valence-electron chi connectivity index (χ0n) is 19.6. The number of hydrogen-bond acceptors (Lipinski definition) is 4. The lowest BCUT2D eigenvalue weighted by Gasteiger charge is -2.33. The number of anilines is 1. The molecule has 186 valence electrons. The minimum absolute atomic E-state index is 0.0826. The van der Waals surface area contributed by atoms with E-state index < -0.39 is 34.1 Å². The average molecular weight is 593 g/mol. The molecule has 0 unspecified atom stereocenters. The molecule has 1 atom stereocenters. The van der Waals surface area contributed by atoms with Crippen molar-refractivity contribution in [1.29, 1.82) is 0 Å². The Hall–Kier alpha value is -1.81. The topological polar surface area (TPSA) is 86.8 Å². The molecule has 2 amide bonds. The highest BCUT2D eigenvalue weighted by Gasteiger charge is 2.32. The molecule has 0 aromatic heterocycles. The summed E-state index contributed by atoms with van der Waals surface area (Å²) in [6, 6.07) is 10.8. The van der Waals surface area contributed by atoms with Crippen LogP contribution in [0, 0.1) is 0 Å². The van der Waals surface area contributed by atoms with E-state index in [0.717, 1.165) is 20.6 Å². The van der Waals surface area contributed by atoms with E-state index in [1.165, 1.54) is 23.1 Å². The van der Waals surface area contributed by atoms with Gasteiger partial charge in [-0.2, -0.15) is 0 Å². The predicted molar refractivity (Wildman–Crippen MR) is 141 cm³/mol. The smallest absolute Gasteiger partial charge is 0.244 e. The van der Waals surface area contributed by atoms with Crippen molar-refractivity contribution < 1.29 is 18.0 Å². The fourth-order valence-corrected chi connectivity index (χ4v) is 4.90. The number of nitrogens with one attached hydrogen (secondary N) is 1. The van der Waals surface area contributed by atoms with Gasteiger partial charge < -0.3 is 10.2 Å². The van der Waals surface area contributed by atoms with E-state index >= 15 is 0 Å². The minimum Gasteiger partial charge on any atom is -0.350 e. The molecule has 0 aliphatic rings. The molecule has 0 heterocycles. The lowest BCUT2D eigenvalue weighted by Crippen LogP contribution is -2.54. The van der Waals surface area contributed by atoms with E-state index in [2.05, 4.69) is 21.2 Å². The number of rotatable bonds is 8. The second-order valence-corrected chi connectivity index (χ2v) is 12.6. The maximum absolute atomic E-state index is 13.5. The van der Waals surface area contributed by atoms with Crippen LogP contribution in [0.4, 0.5) is 5.69 Å². The molecular formula is C23H28BrCl2N3O4S. The van der Waals surface area contributed by atoms with Gasteiger partial charge in [0.2, 0.25) is 21.8 Å². The molecule has 2 aromatic rings. The Morgan fingerprint density at radius 2 is 1.76 bits per heavy atom. The second kappa shape index (κ2) is 11.3. The van der Waals surface area contributed by atoms with E-state index in [9.17, 15) is 18.0 Å². The normalized spacial score (nSPS) is 12.7. The lowest BCUT2D eigenvalue weighted by molar-refractivity contribution is -0.140. The Bertz CT molecular complexity index is 1170. The summed E-state index contributed by atoms with van der Waals surface area (Å²) in [4.78, 5) is 27.8.